The zero-order valence-corrected chi connectivity index (χ0v) is 35.1. The molecule has 0 saturated heterocycles. The lowest BCUT2D eigenvalue weighted by Gasteiger charge is -2.58. The molecule has 0 aromatic rings. The Labute approximate surface area is 293 Å². The highest BCUT2D eigenvalue weighted by Gasteiger charge is 2.60. The quantitative estimate of drug-likeness (QED) is 0.130. The lowest BCUT2D eigenvalue weighted by Crippen LogP contribution is -2.51. The number of fused-ring (bicyclic) bond motifs is 5. The Balaban J connectivity index is 1.43. The fraction of sp³-hybridized carbons (Fsp3) is 0.857. The number of ether oxygens (including phenoxy) is 1. The summed E-state index contributed by atoms with van der Waals surface area (Å²) in [6.45, 7) is 31.6. The monoisotopic (exact) mass is 683 g/mol. The van der Waals surface area contributed by atoms with Crippen LogP contribution in [0.15, 0.2) is 34.8 Å². The van der Waals surface area contributed by atoms with Crippen LogP contribution in [0.3, 0.4) is 0 Å². The Kier molecular flexibility index (Phi) is 11.0. The van der Waals surface area contributed by atoms with Gasteiger partial charge in [-0.15, -0.1) is 0 Å². The summed E-state index contributed by atoms with van der Waals surface area (Å²) in [7, 11) is -3.56. The number of rotatable bonds is 10. The average Bonchev–Trinajstić information content (AvgIpc) is 3.25. The highest BCUT2D eigenvalue weighted by atomic mass is 28.4. The lowest BCUT2D eigenvalue weighted by molar-refractivity contribution is -0.0317. The van der Waals surface area contributed by atoms with E-state index in [2.05, 4.69) is 100 Å². The summed E-state index contributed by atoms with van der Waals surface area (Å²) in [5, 5.41) is 0.263. The molecule has 0 unspecified atom stereocenters. The molecule has 0 N–H and O–H groups in total. The summed E-state index contributed by atoms with van der Waals surface area (Å²) < 4.78 is 21.2. The third-order valence-corrected chi connectivity index (χ3v) is 19.4. The Morgan fingerprint density at radius 2 is 1.53 bits per heavy atom. The van der Waals surface area contributed by atoms with Gasteiger partial charge < -0.3 is 13.6 Å². The van der Waals surface area contributed by atoms with Crippen LogP contribution in [-0.4, -0.2) is 28.8 Å². The molecule has 5 rings (SSSR count). The zero-order valence-electron chi connectivity index (χ0n) is 33.1. The number of hydrogen-bond donors (Lipinski definition) is 0. The van der Waals surface area contributed by atoms with Gasteiger partial charge in [0.2, 0.25) is 8.32 Å². The molecule has 0 amide bonds. The first kappa shape index (κ1) is 37.5. The minimum atomic E-state index is -1.79. The van der Waals surface area contributed by atoms with Gasteiger partial charge in [0, 0.05) is 18.4 Å². The Morgan fingerprint density at radius 1 is 0.872 bits per heavy atom. The van der Waals surface area contributed by atoms with Crippen LogP contribution < -0.4 is 0 Å². The molecule has 3 fully saturated rings. The van der Waals surface area contributed by atoms with Crippen molar-refractivity contribution in [3.8, 4) is 0 Å². The second kappa shape index (κ2) is 13.7. The molecule has 0 spiro atoms. The topological polar surface area (TPSA) is 27.7 Å². The van der Waals surface area contributed by atoms with Gasteiger partial charge in [-0.2, -0.15) is 0 Å². The third-order valence-electron chi connectivity index (χ3n) is 14.0. The van der Waals surface area contributed by atoms with Crippen molar-refractivity contribution in [2.75, 3.05) is 0 Å². The van der Waals surface area contributed by atoms with Crippen LogP contribution >= 0.6 is 0 Å². The van der Waals surface area contributed by atoms with Gasteiger partial charge in [0.1, 0.15) is 0 Å². The van der Waals surface area contributed by atoms with Crippen LogP contribution in [0.2, 0.25) is 37.8 Å². The number of hydrogen-bond acceptors (Lipinski definition) is 3. The standard InChI is InChI=1S/C42H74O3Si2/c1-29(2)19-22-37(43-32-17-15-14-16-18-32)30(3)39-38(45-46(9,10)11)28-36-34-21-20-31-27-33(44-47(12,13)40(4,5)6)23-25-41(31,7)35(34)24-26-42(36,39)8/h20,22,29-30,32-36H,14-19,21,23-28H2,1-13H3/t30-,33-,34+,35-,36-,41-,42-/m0/s1. The summed E-state index contributed by atoms with van der Waals surface area (Å²) in [6.07, 6.45) is 22.1. The van der Waals surface area contributed by atoms with E-state index in [1.807, 2.05) is 0 Å². The van der Waals surface area contributed by atoms with E-state index in [0.717, 1.165) is 31.1 Å². The van der Waals surface area contributed by atoms with E-state index in [-0.39, 0.29) is 16.4 Å². The second-order valence-corrected chi connectivity index (χ2v) is 29.2. The van der Waals surface area contributed by atoms with Crippen LogP contribution in [0.1, 0.15) is 139 Å². The first-order valence-corrected chi connectivity index (χ1v) is 26.2. The normalized spacial score (nSPS) is 34.9. The first-order valence-electron chi connectivity index (χ1n) is 19.9. The van der Waals surface area contributed by atoms with Crippen LogP contribution in [0.4, 0.5) is 0 Å². The van der Waals surface area contributed by atoms with E-state index < -0.39 is 16.6 Å². The van der Waals surface area contributed by atoms with Gasteiger partial charge in [0.25, 0.3) is 0 Å². The van der Waals surface area contributed by atoms with Gasteiger partial charge >= 0.3 is 0 Å². The van der Waals surface area contributed by atoms with E-state index in [9.17, 15) is 0 Å². The molecule has 3 saturated carbocycles. The van der Waals surface area contributed by atoms with Gasteiger partial charge in [-0.05, 0) is 155 Å². The van der Waals surface area contributed by atoms with Crippen molar-refractivity contribution in [3.05, 3.63) is 34.8 Å². The molecule has 5 aliphatic carbocycles. The summed E-state index contributed by atoms with van der Waals surface area (Å²) >= 11 is 0. The third kappa shape index (κ3) is 7.77. The van der Waals surface area contributed by atoms with Gasteiger partial charge in [0.15, 0.2) is 8.32 Å². The van der Waals surface area contributed by atoms with Crippen molar-refractivity contribution < 1.29 is 13.6 Å². The molecule has 0 bridgehead atoms. The highest BCUT2D eigenvalue weighted by Crippen LogP contribution is 2.67. The van der Waals surface area contributed by atoms with E-state index in [1.54, 1.807) is 11.1 Å². The minimum absolute atomic E-state index is 0.173. The highest BCUT2D eigenvalue weighted by molar-refractivity contribution is 6.74. The summed E-state index contributed by atoms with van der Waals surface area (Å²) in [5.41, 5.74) is 3.83. The Morgan fingerprint density at radius 3 is 2.15 bits per heavy atom. The van der Waals surface area contributed by atoms with Crippen molar-refractivity contribution in [2.24, 2.45) is 40.4 Å². The molecular formula is C42H74O3Si2. The SMILES string of the molecule is CC(C)CC=C(OC1CCCCC1)[C@H](C)C1=C(O[Si](C)(C)C)C[C@H]2[C@@H]3CC=C4C[C@@H](O[Si](C)(C)C(C)(C)C)CC[C@]4(C)[C@H]3CC[C@]12C. The predicted molar refractivity (Wildman–Crippen MR) is 205 cm³/mol. The van der Waals surface area contributed by atoms with Crippen LogP contribution in [0.25, 0.3) is 0 Å². The minimum Gasteiger partial charge on any atom is -0.547 e. The molecular weight excluding hydrogens is 609 g/mol. The van der Waals surface area contributed by atoms with Crippen molar-refractivity contribution >= 4 is 16.6 Å². The second-order valence-electron chi connectivity index (χ2n) is 20.0. The van der Waals surface area contributed by atoms with Gasteiger partial charge in [-0.1, -0.05) is 73.5 Å². The predicted octanol–water partition coefficient (Wildman–Crippen LogP) is 13.0. The largest absolute Gasteiger partial charge is 0.547 e. The first-order chi connectivity index (χ1) is 21.7. The molecule has 0 aliphatic heterocycles. The van der Waals surface area contributed by atoms with E-state index >= 15 is 0 Å². The van der Waals surface area contributed by atoms with Crippen molar-refractivity contribution in [3.63, 3.8) is 0 Å². The van der Waals surface area contributed by atoms with Crippen molar-refractivity contribution in [1.82, 2.24) is 0 Å². The molecule has 0 radical (unpaired) electrons. The molecule has 5 aliphatic rings. The maximum atomic E-state index is 7.16. The van der Waals surface area contributed by atoms with Crippen molar-refractivity contribution in [1.29, 1.82) is 0 Å². The molecule has 0 heterocycles. The molecule has 47 heavy (non-hydrogen) atoms. The van der Waals surface area contributed by atoms with E-state index in [1.165, 1.54) is 75.7 Å². The Hall–Kier alpha value is -0.786. The van der Waals surface area contributed by atoms with Gasteiger partial charge in [0.05, 0.1) is 17.6 Å². The smallest absolute Gasteiger partial charge is 0.241 e. The fourth-order valence-electron chi connectivity index (χ4n) is 10.4. The number of allylic oxidation sites excluding steroid dienone is 4. The van der Waals surface area contributed by atoms with Crippen molar-refractivity contribution in [2.45, 2.75) is 189 Å². The fourth-order valence-corrected chi connectivity index (χ4v) is 12.7. The van der Waals surface area contributed by atoms with Gasteiger partial charge in [-0.3, -0.25) is 0 Å². The molecule has 5 heteroatoms. The molecule has 7 atom stereocenters. The summed E-state index contributed by atoms with van der Waals surface area (Å²) in [5.74, 6) is 5.67. The maximum Gasteiger partial charge on any atom is 0.241 e. The Bertz CT molecular complexity index is 1210. The van der Waals surface area contributed by atoms with Crippen LogP contribution in [-0.2, 0) is 13.6 Å². The average molecular weight is 683 g/mol. The molecule has 3 nitrogen and oxygen atoms in total. The lowest BCUT2D eigenvalue weighted by atomic mass is 9.47. The summed E-state index contributed by atoms with van der Waals surface area (Å²) in [6, 6.07) is 0. The van der Waals surface area contributed by atoms with Crippen LogP contribution in [0.5, 0.6) is 0 Å². The summed E-state index contributed by atoms with van der Waals surface area (Å²) in [4.78, 5) is 0. The molecule has 0 aromatic carbocycles. The molecule has 0 aromatic heterocycles. The molecule has 268 valence electrons. The maximum absolute atomic E-state index is 7.16. The van der Waals surface area contributed by atoms with E-state index in [4.69, 9.17) is 13.6 Å². The van der Waals surface area contributed by atoms with Crippen LogP contribution in [0, 0.1) is 40.4 Å². The zero-order chi connectivity index (χ0) is 34.6. The van der Waals surface area contributed by atoms with E-state index in [0.29, 0.717) is 29.5 Å². The van der Waals surface area contributed by atoms with Gasteiger partial charge in [-0.25, -0.2) is 0 Å².